The molecule has 1 N–H and O–H groups in total. The fraction of sp³-hybridized carbons (Fsp3) is 0.364. The summed E-state index contributed by atoms with van der Waals surface area (Å²) in [5.74, 6) is 4.28. The standard InChI is InChI=1S/C11H11BrN2OS/c12-10-9-5-8(15)1-3-14(9)11(13-10)7-2-4-16-6-7/h1,3,5,7,15H,2,4,6H2. The highest BCUT2D eigenvalue weighted by molar-refractivity contribution is 9.10. The Labute approximate surface area is 106 Å². The first kappa shape index (κ1) is 10.5. The van der Waals surface area contributed by atoms with Crippen molar-refractivity contribution >= 4 is 33.2 Å². The minimum absolute atomic E-state index is 0.278. The summed E-state index contributed by atoms with van der Waals surface area (Å²) in [5, 5.41) is 9.46. The third-order valence-corrected chi connectivity index (χ3v) is 4.65. The van der Waals surface area contributed by atoms with E-state index in [1.165, 1.54) is 12.2 Å². The lowest BCUT2D eigenvalue weighted by molar-refractivity contribution is 0.475. The van der Waals surface area contributed by atoms with Crippen LogP contribution in [0, 0.1) is 0 Å². The molecule has 16 heavy (non-hydrogen) atoms. The molecule has 1 aliphatic rings. The van der Waals surface area contributed by atoms with Crippen LogP contribution in [0.25, 0.3) is 5.52 Å². The molecule has 1 unspecified atom stereocenters. The molecular formula is C11H11BrN2OS. The Balaban J connectivity index is 2.18. The molecule has 0 aliphatic carbocycles. The van der Waals surface area contributed by atoms with Crippen LogP contribution in [0.15, 0.2) is 22.9 Å². The number of halogens is 1. The molecule has 2 aromatic heterocycles. The molecule has 1 atom stereocenters. The Morgan fingerprint density at radius 2 is 2.44 bits per heavy atom. The Bertz CT molecular complexity index is 534. The highest BCUT2D eigenvalue weighted by Gasteiger charge is 2.23. The summed E-state index contributed by atoms with van der Waals surface area (Å²) in [5.41, 5.74) is 0.937. The van der Waals surface area contributed by atoms with Crippen LogP contribution in [-0.4, -0.2) is 26.0 Å². The summed E-state index contributed by atoms with van der Waals surface area (Å²) in [4.78, 5) is 4.57. The number of nitrogens with zero attached hydrogens (tertiary/aromatic N) is 2. The second-order valence-electron chi connectivity index (χ2n) is 3.96. The number of pyridine rings is 1. The van der Waals surface area contributed by atoms with Crippen LogP contribution in [0.4, 0.5) is 0 Å². The zero-order chi connectivity index (χ0) is 11.1. The monoisotopic (exact) mass is 298 g/mol. The van der Waals surface area contributed by atoms with Gasteiger partial charge in [-0.3, -0.25) is 0 Å². The first-order chi connectivity index (χ1) is 7.75. The molecule has 0 spiro atoms. The van der Waals surface area contributed by atoms with E-state index < -0.39 is 0 Å². The van der Waals surface area contributed by atoms with E-state index >= 15 is 0 Å². The second-order valence-corrected chi connectivity index (χ2v) is 5.86. The van der Waals surface area contributed by atoms with Gasteiger partial charge in [0.1, 0.15) is 16.2 Å². The van der Waals surface area contributed by atoms with Crippen LogP contribution >= 0.6 is 27.7 Å². The van der Waals surface area contributed by atoms with Crippen molar-refractivity contribution in [1.82, 2.24) is 9.38 Å². The van der Waals surface area contributed by atoms with E-state index in [1.54, 1.807) is 12.1 Å². The van der Waals surface area contributed by atoms with Crippen molar-refractivity contribution < 1.29 is 5.11 Å². The van der Waals surface area contributed by atoms with Gasteiger partial charge in [0.2, 0.25) is 0 Å². The first-order valence-electron chi connectivity index (χ1n) is 5.20. The average Bonchev–Trinajstić information content (AvgIpc) is 2.87. The van der Waals surface area contributed by atoms with E-state index in [1.807, 2.05) is 18.0 Å². The Morgan fingerprint density at radius 3 is 3.19 bits per heavy atom. The molecule has 84 valence electrons. The molecule has 0 aromatic carbocycles. The van der Waals surface area contributed by atoms with Gasteiger partial charge in [0.15, 0.2) is 0 Å². The predicted octanol–water partition coefficient (Wildman–Crippen LogP) is 3.02. The number of thioether (sulfide) groups is 1. The number of imidazole rings is 1. The van der Waals surface area contributed by atoms with Crippen LogP contribution in [0.1, 0.15) is 18.2 Å². The van der Waals surface area contributed by atoms with Gasteiger partial charge in [0.25, 0.3) is 0 Å². The lowest BCUT2D eigenvalue weighted by Crippen LogP contribution is -2.02. The Kier molecular flexibility index (Phi) is 2.59. The molecule has 0 radical (unpaired) electrons. The maximum absolute atomic E-state index is 9.46. The highest BCUT2D eigenvalue weighted by atomic mass is 79.9. The molecule has 5 heteroatoms. The van der Waals surface area contributed by atoms with E-state index in [0.29, 0.717) is 5.92 Å². The topological polar surface area (TPSA) is 37.5 Å². The van der Waals surface area contributed by atoms with Gasteiger partial charge in [-0.1, -0.05) is 0 Å². The predicted molar refractivity (Wildman–Crippen MR) is 69.2 cm³/mol. The van der Waals surface area contributed by atoms with Crippen LogP contribution in [-0.2, 0) is 0 Å². The Hall–Kier alpha value is -0.680. The average molecular weight is 299 g/mol. The van der Waals surface area contributed by atoms with Crippen molar-refractivity contribution in [3.8, 4) is 5.75 Å². The number of hydrogen-bond acceptors (Lipinski definition) is 3. The van der Waals surface area contributed by atoms with Gasteiger partial charge in [-0.2, -0.15) is 11.8 Å². The van der Waals surface area contributed by atoms with Crippen LogP contribution in [0.2, 0.25) is 0 Å². The molecular weight excluding hydrogens is 288 g/mol. The summed E-state index contributed by atoms with van der Waals surface area (Å²) < 4.78 is 2.88. The van der Waals surface area contributed by atoms with Gasteiger partial charge in [0.05, 0.1) is 5.52 Å². The maximum Gasteiger partial charge on any atom is 0.132 e. The molecule has 1 aliphatic heterocycles. The van der Waals surface area contributed by atoms with Gasteiger partial charge in [-0.15, -0.1) is 0 Å². The molecule has 3 nitrogen and oxygen atoms in total. The fourth-order valence-electron chi connectivity index (χ4n) is 2.09. The minimum Gasteiger partial charge on any atom is -0.508 e. The molecule has 3 heterocycles. The summed E-state index contributed by atoms with van der Waals surface area (Å²) in [7, 11) is 0. The van der Waals surface area contributed by atoms with Gasteiger partial charge < -0.3 is 9.51 Å². The van der Waals surface area contributed by atoms with Crippen LogP contribution in [0.3, 0.4) is 0 Å². The van der Waals surface area contributed by atoms with Gasteiger partial charge in [-0.25, -0.2) is 4.98 Å². The normalized spacial score (nSPS) is 20.7. The maximum atomic E-state index is 9.46. The van der Waals surface area contributed by atoms with Crippen molar-refractivity contribution in [2.45, 2.75) is 12.3 Å². The lowest BCUT2D eigenvalue weighted by Gasteiger charge is -2.06. The van der Waals surface area contributed by atoms with Crippen molar-refractivity contribution in [3.63, 3.8) is 0 Å². The Morgan fingerprint density at radius 1 is 1.56 bits per heavy atom. The van der Waals surface area contributed by atoms with Gasteiger partial charge in [0, 0.05) is 23.9 Å². The third kappa shape index (κ3) is 1.62. The van der Waals surface area contributed by atoms with E-state index in [4.69, 9.17) is 0 Å². The van der Waals surface area contributed by atoms with E-state index in [0.717, 1.165) is 21.7 Å². The van der Waals surface area contributed by atoms with Crippen LogP contribution in [0.5, 0.6) is 5.75 Å². The zero-order valence-corrected chi connectivity index (χ0v) is 11.0. The quantitative estimate of drug-likeness (QED) is 0.879. The van der Waals surface area contributed by atoms with Crippen LogP contribution < -0.4 is 0 Å². The minimum atomic E-state index is 0.278. The summed E-state index contributed by atoms with van der Waals surface area (Å²) >= 11 is 5.43. The largest absolute Gasteiger partial charge is 0.508 e. The molecule has 1 saturated heterocycles. The third-order valence-electron chi connectivity index (χ3n) is 2.90. The van der Waals surface area contributed by atoms with E-state index in [-0.39, 0.29) is 5.75 Å². The first-order valence-corrected chi connectivity index (χ1v) is 7.14. The van der Waals surface area contributed by atoms with Crippen molar-refractivity contribution in [3.05, 3.63) is 28.8 Å². The molecule has 2 aromatic rings. The van der Waals surface area contributed by atoms with Crippen molar-refractivity contribution in [2.24, 2.45) is 0 Å². The SMILES string of the molecule is Oc1ccn2c(C3CCSC3)nc(Br)c2c1. The molecule has 0 amide bonds. The molecule has 1 fully saturated rings. The number of aromatic hydroxyl groups is 1. The van der Waals surface area contributed by atoms with Gasteiger partial charge >= 0.3 is 0 Å². The number of aromatic nitrogens is 2. The molecule has 0 saturated carbocycles. The molecule has 0 bridgehead atoms. The number of rotatable bonds is 1. The zero-order valence-electron chi connectivity index (χ0n) is 8.56. The molecule has 3 rings (SSSR count). The smallest absolute Gasteiger partial charge is 0.132 e. The van der Waals surface area contributed by atoms with Gasteiger partial charge in [-0.05, 0) is 34.2 Å². The summed E-state index contributed by atoms with van der Waals surface area (Å²) in [6.07, 6.45) is 3.08. The van der Waals surface area contributed by atoms with E-state index in [2.05, 4.69) is 25.3 Å². The fourth-order valence-corrected chi connectivity index (χ4v) is 3.79. The highest BCUT2D eigenvalue weighted by Crippen LogP contribution is 2.34. The lowest BCUT2D eigenvalue weighted by atomic mass is 10.1. The van der Waals surface area contributed by atoms with Crippen molar-refractivity contribution in [1.29, 1.82) is 0 Å². The van der Waals surface area contributed by atoms with E-state index in [9.17, 15) is 5.11 Å². The number of hydrogen-bond donors (Lipinski definition) is 1. The van der Waals surface area contributed by atoms with Crippen molar-refractivity contribution in [2.75, 3.05) is 11.5 Å². The summed E-state index contributed by atoms with van der Waals surface area (Å²) in [6, 6.07) is 3.44. The number of fused-ring (bicyclic) bond motifs is 1. The summed E-state index contributed by atoms with van der Waals surface area (Å²) in [6.45, 7) is 0. The second kappa shape index (κ2) is 3.96.